The molecule has 3 aromatic rings. The quantitative estimate of drug-likeness (QED) is 0.597. The molecule has 2 fully saturated rings. The Bertz CT molecular complexity index is 1380. The third-order valence-corrected chi connectivity index (χ3v) is 7.57. The maximum Gasteiger partial charge on any atom is 0.325 e. The van der Waals surface area contributed by atoms with E-state index in [4.69, 9.17) is 4.99 Å². The Hall–Kier alpha value is -3.98. The lowest BCUT2D eigenvalue weighted by Gasteiger charge is -2.40. The Labute approximate surface area is 215 Å². The number of rotatable bonds is 4. The minimum atomic E-state index is -0.604. The molecule has 0 saturated carbocycles. The van der Waals surface area contributed by atoms with Crippen LogP contribution < -0.4 is 5.32 Å². The molecule has 190 valence electrons. The van der Waals surface area contributed by atoms with Gasteiger partial charge in [0.2, 0.25) is 0 Å². The highest BCUT2D eigenvalue weighted by molar-refractivity contribution is 6.03. The third-order valence-electron chi connectivity index (χ3n) is 7.57. The van der Waals surface area contributed by atoms with Crippen molar-refractivity contribution in [1.29, 1.82) is 0 Å². The Kier molecular flexibility index (Phi) is 6.00. The number of hydrogen-bond donors (Lipinski definition) is 1. The van der Waals surface area contributed by atoms with Gasteiger partial charge in [-0.25, -0.2) is 14.2 Å². The van der Waals surface area contributed by atoms with Crippen molar-refractivity contribution in [3.63, 3.8) is 0 Å². The molecule has 9 heteroatoms. The normalized spacial score (nSPS) is 22.3. The van der Waals surface area contributed by atoms with E-state index < -0.39 is 18.2 Å². The number of aliphatic imine (C=N–C) groups is 1. The van der Waals surface area contributed by atoms with Crippen molar-refractivity contribution in [2.75, 3.05) is 33.2 Å². The van der Waals surface area contributed by atoms with Crippen molar-refractivity contribution in [3.05, 3.63) is 83.7 Å². The summed E-state index contributed by atoms with van der Waals surface area (Å²) in [5.41, 5.74) is 1.78. The molecule has 3 aliphatic rings. The van der Waals surface area contributed by atoms with E-state index in [1.54, 1.807) is 13.1 Å². The molecular formula is C28H29FN6O2. The molecule has 2 saturated heterocycles. The molecule has 1 N–H and O–H groups in total. The number of amides is 3. The number of carbonyl (C=O) groups excluding carboxylic acids is 2. The molecule has 0 bridgehead atoms. The Morgan fingerprint density at radius 1 is 0.892 bits per heavy atom. The second-order valence-electron chi connectivity index (χ2n) is 9.81. The zero-order valence-corrected chi connectivity index (χ0v) is 20.7. The molecule has 0 aromatic heterocycles. The number of benzene rings is 3. The van der Waals surface area contributed by atoms with Crippen molar-refractivity contribution in [3.8, 4) is 0 Å². The van der Waals surface area contributed by atoms with E-state index in [0.717, 1.165) is 35.4 Å². The van der Waals surface area contributed by atoms with Crippen LogP contribution in [0, 0.1) is 5.82 Å². The zero-order chi connectivity index (χ0) is 25.5. The van der Waals surface area contributed by atoms with Gasteiger partial charge < -0.3 is 14.7 Å². The van der Waals surface area contributed by atoms with Gasteiger partial charge in [-0.3, -0.25) is 15.0 Å². The topological polar surface area (TPSA) is 71.5 Å². The maximum atomic E-state index is 14.2. The van der Waals surface area contributed by atoms with Crippen LogP contribution in [0.2, 0.25) is 0 Å². The van der Waals surface area contributed by atoms with E-state index in [1.807, 2.05) is 35.2 Å². The number of piperazine rings is 1. The SMILES string of the molecule is CN1C(=O)NC(=O)C2C1N=C(N1CCN(Cc3ccccc3F)CC1)N2Cc1cccc2ccccc12. The number of urea groups is 1. The number of imide groups is 1. The minimum absolute atomic E-state index is 0.186. The Balaban J connectivity index is 1.26. The fourth-order valence-corrected chi connectivity index (χ4v) is 5.53. The predicted molar refractivity (Wildman–Crippen MR) is 139 cm³/mol. The van der Waals surface area contributed by atoms with Crippen molar-refractivity contribution in [2.45, 2.75) is 25.3 Å². The smallest absolute Gasteiger partial charge is 0.325 e. The second-order valence-corrected chi connectivity index (χ2v) is 9.81. The van der Waals surface area contributed by atoms with Crippen molar-refractivity contribution < 1.29 is 14.0 Å². The highest BCUT2D eigenvalue weighted by Gasteiger charge is 2.50. The third kappa shape index (κ3) is 4.29. The molecule has 3 heterocycles. The second kappa shape index (κ2) is 9.48. The van der Waals surface area contributed by atoms with Crippen LogP contribution in [-0.4, -0.2) is 82.9 Å². The Morgan fingerprint density at radius 2 is 1.59 bits per heavy atom. The molecule has 0 spiro atoms. The lowest BCUT2D eigenvalue weighted by Crippen LogP contribution is -2.64. The first kappa shape index (κ1) is 23.4. The van der Waals surface area contributed by atoms with Crippen LogP contribution in [0.3, 0.4) is 0 Å². The number of halogens is 1. The minimum Gasteiger partial charge on any atom is -0.340 e. The molecule has 3 aliphatic heterocycles. The van der Waals surface area contributed by atoms with Gasteiger partial charge in [-0.05, 0) is 22.4 Å². The summed E-state index contributed by atoms with van der Waals surface area (Å²) < 4.78 is 14.2. The summed E-state index contributed by atoms with van der Waals surface area (Å²) in [6, 6.07) is 20.2. The standard InChI is InChI=1S/C28H29FN6O2/c1-32-25-24(26(36)31-28(32)37)35(18-20-10-6-9-19-7-2-4-11-22(19)20)27(30-25)34-15-13-33(14-16-34)17-21-8-3-5-12-23(21)29/h2-12,24-25H,13-18H2,1H3,(H,31,36,37). The molecule has 37 heavy (non-hydrogen) atoms. The van der Waals surface area contributed by atoms with E-state index in [9.17, 15) is 14.0 Å². The summed E-state index contributed by atoms with van der Waals surface area (Å²) in [6.45, 7) is 3.91. The van der Waals surface area contributed by atoms with Crippen LogP contribution in [0.5, 0.6) is 0 Å². The van der Waals surface area contributed by atoms with Gasteiger partial charge in [-0.2, -0.15) is 0 Å². The molecule has 0 aliphatic carbocycles. The number of nitrogens with one attached hydrogen (secondary N) is 1. The van der Waals surface area contributed by atoms with E-state index in [0.29, 0.717) is 31.7 Å². The average Bonchev–Trinajstić information content (AvgIpc) is 3.29. The van der Waals surface area contributed by atoms with Crippen molar-refractivity contribution in [1.82, 2.24) is 24.9 Å². The number of nitrogens with zero attached hydrogens (tertiary/aromatic N) is 5. The highest BCUT2D eigenvalue weighted by atomic mass is 19.1. The van der Waals surface area contributed by atoms with Crippen LogP contribution in [-0.2, 0) is 17.9 Å². The van der Waals surface area contributed by atoms with Crippen molar-refractivity contribution >= 4 is 28.7 Å². The fourth-order valence-electron chi connectivity index (χ4n) is 5.53. The number of guanidine groups is 1. The van der Waals surface area contributed by atoms with Gasteiger partial charge in [0.15, 0.2) is 18.2 Å². The average molecular weight is 501 g/mol. The van der Waals surface area contributed by atoms with E-state index >= 15 is 0 Å². The summed E-state index contributed by atoms with van der Waals surface area (Å²) in [6.07, 6.45) is -0.581. The van der Waals surface area contributed by atoms with Crippen LogP contribution >= 0.6 is 0 Å². The van der Waals surface area contributed by atoms with Gasteiger partial charge >= 0.3 is 6.03 Å². The molecule has 8 nitrogen and oxygen atoms in total. The highest BCUT2D eigenvalue weighted by Crippen LogP contribution is 2.30. The predicted octanol–water partition coefficient (Wildman–Crippen LogP) is 2.84. The van der Waals surface area contributed by atoms with Crippen LogP contribution in [0.1, 0.15) is 11.1 Å². The van der Waals surface area contributed by atoms with Gasteiger partial charge in [0.1, 0.15) is 5.82 Å². The van der Waals surface area contributed by atoms with Gasteiger partial charge in [0, 0.05) is 51.9 Å². The summed E-state index contributed by atoms with van der Waals surface area (Å²) >= 11 is 0. The molecular weight excluding hydrogens is 471 g/mol. The largest absolute Gasteiger partial charge is 0.340 e. The van der Waals surface area contributed by atoms with Crippen LogP contribution in [0.15, 0.2) is 71.7 Å². The van der Waals surface area contributed by atoms with Gasteiger partial charge in [-0.1, -0.05) is 60.7 Å². The molecule has 2 unspecified atom stereocenters. The lowest BCUT2D eigenvalue weighted by molar-refractivity contribution is -0.127. The van der Waals surface area contributed by atoms with Crippen LogP contribution in [0.25, 0.3) is 10.8 Å². The van der Waals surface area contributed by atoms with Gasteiger partial charge in [0.05, 0.1) is 0 Å². The first-order valence-electron chi connectivity index (χ1n) is 12.6. The van der Waals surface area contributed by atoms with E-state index in [1.165, 1.54) is 11.0 Å². The summed E-state index contributed by atoms with van der Waals surface area (Å²) in [7, 11) is 1.67. The molecule has 2 atom stereocenters. The molecule has 3 aromatic carbocycles. The summed E-state index contributed by atoms with van der Waals surface area (Å²) in [5, 5.41) is 4.75. The first-order valence-corrected chi connectivity index (χ1v) is 12.6. The summed E-state index contributed by atoms with van der Waals surface area (Å²) in [4.78, 5) is 38.3. The zero-order valence-electron chi connectivity index (χ0n) is 20.7. The van der Waals surface area contributed by atoms with Gasteiger partial charge in [-0.15, -0.1) is 0 Å². The van der Waals surface area contributed by atoms with E-state index in [-0.39, 0.29) is 11.7 Å². The molecule has 0 radical (unpaired) electrons. The Morgan fingerprint density at radius 3 is 2.41 bits per heavy atom. The molecule has 3 amide bonds. The number of likely N-dealkylation sites (N-methyl/N-ethyl adjacent to an activating group) is 1. The number of hydrogen-bond acceptors (Lipinski definition) is 6. The first-order chi connectivity index (χ1) is 18.0. The number of fused-ring (bicyclic) bond motifs is 2. The lowest BCUT2D eigenvalue weighted by atomic mass is 10.0. The monoisotopic (exact) mass is 500 g/mol. The van der Waals surface area contributed by atoms with Gasteiger partial charge in [0.25, 0.3) is 5.91 Å². The number of carbonyl (C=O) groups is 2. The fraction of sp³-hybridized carbons (Fsp3) is 0.321. The van der Waals surface area contributed by atoms with Crippen molar-refractivity contribution in [2.24, 2.45) is 4.99 Å². The maximum absolute atomic E-state index is 14.2. The van der Waals surface area contributed by atoms with Crippen LogP contribution in [0.4, 0.5) is 9.18 Å². The van der Waals surface area contributed by atoms with E-state index in [2.05, 4.69) is 39.4 Å². The molecule has 6 rings (SSSR count). The summed E-state index contributed by atoms with van der Waals surface area (Å²) in [5.74, 6) is 0.213.